The monoisotopic (exact) mass is 338 g/mol. The van der Waals surface area contributed by atoms with Crippen molar-refractivity contribution in [2.75, 3.05) is 6.61 Å². The minimum atomic E-state index is -0.469. The van der Waals surface area contributed by atoms with Crippen LogP contribution >= 0.6 is 11.3 Å². The van der Waals surface area contributed by atoms with Crippen LogP contribution in [0.2, 0.25) is 0 Å². The Labute approximate surface area is 142 Å². The Balaban J connectivity index is 1.93. The van der Waals surface area contributed by atoms with E-state index in [0.717, 1.165) is 24.3 Å². The molecule has 0 aliphatic carbocycles. The van der Waals surface area contributed by atoms with Crippen molar-refractivity contribution in [1.82, 2.24) is 9.88 Å². The van der Waals surface area contributed by atoms with Crippen molar-refractivity contribution in [3.05, 3.63) is 16.1 Å². The molecule has 23 heavy (non-hydrogen) atoms. The number of thiazole rings is 1. The number of carbonyl (C=O) groups is 2. The molecule has 0 bridgehead atoms. The number of carbonyl (C=O) groups excluding carboxylic acids is 2. The average molecular weight is 338 g/mol. The Kier molecular flexibility index (Phi) is 5.45. The molecule has 1 aliphatic heterocycles. The molecule has 128 valence electrons. The second-order valence-electron chi connectivity index (χ2n) is 7.29. The number of rotatable bonds is 3. The van der Waals surface area contributed by atoms with Gasteiger partial charge in [-0.1, -0.05) is 20.8 Å². The maximum atomic E-state index is 12.4. The number of nitrogens with zero attached hydrogens (tertiary/aromatic N) is 2. The van der Waals surface area contributed by atoms with E-state index in [4.69, 9.17) is 4.74 Å². The van der Waals surface area contributed by atoms with Crippen molar-refractivity contribution < 1.29 is 14.3 Å². The van der Waals surface area contributed by atoms with Gasteiger partial charge in [-0.3, -0.25) is 4.79 Å². The third-order valence-electron chi connectivity index (χ3n) is 4.16. The Bertz CT molecular complexity index is 567. The molecule has 2 heterocycles. The fourth-order valence-corrected chi connectivity index (χ4v) is 3.77. The summed E-state index contributed by atoms with van der Waals surface area (Å²) < 4.78 is 5.21. The summed E-state index contributed by atoms with van der Waals surface area (Å²) in [5.74, 6) is -0.581. The molecule has 2 rings (SSSR count). The molecule has 0 unspecified atom stereocenters. The molecule has 0 spiro atoms. The quantitative estimate of drug-likeness (QED) is 0.793. The standard InChI is InChI=1S/C17H26N2O3S/c1-11-7-6-8-12(2)19(11)14(20)10-22-15(21)13-9-18-16(23-13)17(3,4)5/h9,11-12H,6-8,10H2,1-5H3/t11-,12-/m1/s1. The van der Waals surface area contributed by atoms with Crippen molar-refractivity contribution in [3.63, 3.8) is 0 Å². The van der Waals surface area contributed by atoms with E-state index < -0.39 is 5.97 Å². The fraction of sp³-hybridized carbons (Fsp3) is 0.706. The van der Waals surface area contributed by atoms with Crippen LogP contribution < -0.4 is 0 Å². The van der Waals surface area contributed by atoms with Gasteiger partial charge < -0.3 is 9.64 Å². The smallest absolute Gasteiger partial charge is 0.350 e. The van der Waals surface area contributed by atoms with E-state index in [9.17, 15) is 9.59 Å². The maximum Gasteiger partial charge on any atom is 0.350 e. The first kappa shape index (κ1) is 17.9. The van der Waals surface area contributed by atoms with Crippen LogP contribution in [0.5, 0.6) is 0 Å². The predicted molar refractivity (Wildman–Crippen MR) is 90.7 cm³/mol. The first-order valence-corrected chi connectivity index (χ1v) is 8.96. The Hall–Kier alpha value is -1.43. The molecule has 0 N–H and O–H groups in total. The highest BCUT2D eigenvalue weighted by Gasteiger charge is 2.29. The van der Waals surface area contributed by atoms with Gasteiger partial charge in [-0.2, -0.15) is 0 Å². The number of aromatic nitrogens is 1. The molecule has 2 atom stereocenters. The van der Waals surface area contributed by atoms with Gasteiger partial charge in [0, 0.05) is 17.5 Å². The molecule has 6 heteroatoms. The molecule has 0 aromatic carbocycles. The van der Waals surface area contributed by atoms with Crippen LogP contribution in [0, 0.1) is 0 Å². The van der Waals surface area contributed by atoms with Crippen LogP contribution in [-0.2, 0) is 14.9 Å². The molecule has 1 fully saturated rings. The molecular weight excluding hydrogens is 312 g/mol. The van der Waals surface area contributed by atoms with Gasteiger partial charge in [-0.25, -0.2) is 9.78 Å². The minimum Gasteiger partial charge on any atom is -0.451 e. The van der Waals surface area contributed by atoms with Crippen LogP contribution in [0.25, 0.3) is 0 Å². The first-order valence-electron chi connectivity index (χ1n) is 8.14. The van der Waals surface area contributed by atoms with Crippen LogP contribution in [0.3, 0.4) is 0 Å². The van der Waals surface area contributed by atoms with Gasteiger partial charge in [0.25, 0.3) is 5.91 Å². The van der Waals surface area contributed by atoms with Gasteiger partial charge in [-0.05, 0) is 33.1 Å². The van der Waals surface area contributed by atoms with Crippen molar-refractivity contribution in [3.8, 4) is 0 Å². The zero-order chi connectivity index (χ0) is 17.2. The Morgan fingerprint density at radius 1 is 1.30 bits per heavy atom. The summed E-state index contributed by atoms with van der Waals surface area (Å²) in [7, 11) is 0. The topological polar surface area (TPSA) is 59.5 Å². The Morgan fingerprint density at radius 2 is 1.91 bits per heavy atom. The van der Waals surface area contributed by atoms with Gasteiger partial charge in [0.2, 0.25) is 0 Å². The molecule has 0 saturated carbocycles. The van der Waals surface area contributed by atoms with Crippen molar-refractivity contribution in [2.24, 2.45) is 0 Å². The maximum absolute atomic E-state index is 12.4. The molecule has 1 aromatic rings. The highest BCUT2D eigenvalue weighted by Crippen LogP contribution is 2.27. The fourth-order valence-electron chi connectivity index (χ4n) is 2.90. The number of ether oxygens (including phenoxy) is 1. The zero-order valence-electron chi connectivity index (χ0n) is 14.6. The highest BCUT2D eigenvalue weighted by atomic mass is 32.1. The van der Waals surface area contributed by atoms with Crippen molar-refractivity contribution in [1.29, 1.82) is 0 Å². The number of esters is 1. The van der Waals surface area contributed by atoms with E-state index in [-0.39, 0.29) is 30.0 Å². The molecular formula is C17H26N2O3S. The summed E-state index contributed by atoms with van der Waals surface area (Å²) in [5.41, 5.74) is -0.0995. The van der Waals surface area contributed by atoms with Crippen LogP contribution in [0.4, 0.5) is 0 Å². The average Bonchev–Trinajstić information content (AvgIpc) is 2.94. The first-order chi connectivity index (χ1) is 10.7. The summed E-state index contributed by atoms with van der Waals surface area (Å²) >= 11 is 1.33. The van der Waals surface area contributed by atoms with Crippen LogP contribution in [-0.4, -0.2) is 40.5 Å². The van der Waals surface area contributed by atoms with E-state index in [1.54, 1.807) is 0 Å². The van der Waals surface area contributed by atoms with Crippen molar-refractivity contribution in [2.45, 2.75) is 71.4 Å². The second-order valence-corrected chi connectivity index (χ2v) is 8.32. The van der Waals surface area contributed by atoms with Crippen LogP contribution in [0.15, 0.2) is 6.20 Å². The van der Waals surface area contributed by atoms with E-state index >= 15 is 0 Å². The molecule has 1 aliphatic rings. The largest absolute Gasteiger partial charge is 0.451 e. The lowest BCUT2D eigenvalue weighted by Crippen LogP contribution is -2.49. The van der Waals surface area contributed by atoms with E-state index in [0.29, 0.717) is 4.88 Å². The zero-order valence-corrected chi connectivity index (χ0v) is 15.4. The summed E-state index contributed by atoms with van der Waals surface area (Å²) in [4.78, 5) is 31.0. The summed E-state index contributed by atoms with van der Waals surface area (Å²) in [6, 6.07) is 0.418. The van der Waals surface area contributed by atoms with E-state index in [2.05, 4.69) is 4.98 Å². The third-order valence-corrected chi connectivity index (χ3v) is 5.56. The summed E-state index contributed by atoms with van der Waals surface area (Å²) in [6.45, 7) is 10.0. The summed E-state index contributed by atoms with van der Waals surface area (Å²) in [5, 5.41) is 0.883. The highest BCUT2D eigenvalue weighted by molar-refractivity contribution is 7.13. The Morgan fingerprint density at radius 3 is 2.43 bits per heavy atom. The van der Waals surface area contributed by atoms with Gasteiger partial charge in [0.15, 0.2) is 6.61 Å². The molecule has 1 aromatic heterocycles. The predicted octanol–water partition coefficient (Wildman–Crippen LogP) is 3.39. The number of hydrogen-bond acceptors (Lipinski definition) is 5. The summed E-state index contributed by atoms with van der Waals surface area (Å²) in [6.07, 6.45) is 4.69. The van der Waals surface area contributed by atoms with Gasteiger partial charge in [0.1, 0.15) is 4.88 Å². The molecule has 1 saturated heterocycles. The van der Waals surface area contributed by atoms with Gasteiger partial charge >= 0.3 is 5.97 Å². The van der Waals surface area contributed by atoms with E-state index in [1.807, 2.05) is 39.5 Å². The normalized spacial score (nSPS) is 22.0. The minimum absolute atomic E-state index is 0.0995. The lowest BCUT2D eigenvalue weighted by Gasteiger charge is -2.38. The number of likely N-dealkylation sites (tertiary alicyclic amines) is 1. The molecule has 0 radical (unpaired) electrons. The van der Waals surface area contributed by atoms with Crippen LogP contribution in [0.1, 0.15) is 68.6 Å². The van der Waals surface area contributed by atoms with E-state index in [1.165, 1.54) is 17.5 Å². The number of hydrogen-bond donors (Lipinski definition) is 0. The second kappa shape index (κ2) is 6.99. The lowest BCUT2D eigenvalue weighted by molar-refractivity contribution is -0.140. The molecule has 5 nitrogen and oxygen atoms in total. The number of piperidine rings is 1. The van der Waals surface area contributed by atoms with Gasteiger partial charge in [-0.15, -0.1) is 11.3 Å². The van der Waals surface area contributed by atoms with Crippen molar-refractivity contribution >= 4 is 23.2 Å². The number of amides is 1. The third kappa shape index (κ3) is 4.31. The van der Waals surface area contributed by atoms with Gasteiger partial charge in [0.05, 0.1) is 11.2 Å². The lowest BCUT2D eigenvalue weighted by atomic mass is 9.97. The molecule has 1 amide bonds. The SMILES string of the molecule is C[C@@H]1CCC[C@@H](C)N1C(=O)COC(=O)c1cnc(C(C)(C)C)s1.